The van der Waals surface area contributed by atoms with Gasteiger partial charge in [-0.15, -0.1) is 0 Å². The second-order valence-electron chi connectivity index (χ2n) is 5.00. The molecule has 2 heterocycles. The zero-order valence-electron chi connectivity index (χ0n) is 13.6. The quantitative estimate of drug-likeness (QED) is 0.312. The lowest BCUT2D eigenvalue weighted by molar-refractivity contribution is 0.0166. The molecule has 2 rings (SSSR count). The van der Waals surface area contributed by atoms with E-state index in [9.17, 15) is 0 Å². The van der Waals surface area contributed by atoms with E-state index in [1.807, 2.05) is 0 Å². The lowest BCUT2D eigenvalue weighted by atomic mass is 10.6. The van der Waals surface area contributed by atoms with Crippen LogP contribution in [-0.4, -0.2) is 90.8 Å². The van der Waals surface area contributed by atoms with E-state index in [-0.39, 0.29) is 0 Å². The average Bonchev–Trinajstić information content (AvgIpc) is 3.25. The minimum atomic E-state index is 0.585. The van der Waals surface area contributed by atoms with Gasteiger partial charge in [0.05, 0.1) is 52.7 Å². The van der Waals surface area contributed by atoms with Crippen molar-refractivity contribution in [2.75, 3.05) is 78.9 Å². The van der Waals surface area contributed by atoms with Crippen LogP contribution >= 0.6 is 0 Å². The van der Waals surface area contributed by atoms with Crippen LogP contribution in [0.4, 0.5) is 0 Å². The minimum absolute atomic E-state index is 0.585. The van der Waals surface area contributed by atoms with Crippen LogP contribution in [0, 0.1) is 0 Å². The van der Waals surface area contributed by atoms with Crippen molar-refractivity contribution >= 4 is 11.9 Å². The molecule has 0 unspecified atom stereocenters. The minimum Gasteiger partial charge on any atom is -0.377 e. The number of rotatable bonds is 12. The molecule has 2 aliphatic heterocycles. The van der Waals surface area contributed by atoms with E-state index < -0.39 is 0 Å². The Labute approximate surface area is 137 Å². The SMILES string of the molecule is C1CNC(NCCOCCOCCOCCNC2=NCCN2)=N1. The second-order valence-corrected chi connectivity index (χ2v) is 5.00. The third-order valence-electron chi connectivity index (χ3n) is 3.17. The molecule has 0 aliphatic carbocycles. The summed E-state index contributed by atoms with van der Waals surface area (Å²) in [5.41, 5.74) is 0. The highest BCUT2D eigenvalue weighted by molar-refractivity contribution is 5.81. The van der Waals surface area contributed by atoms with Crippen molar-refractivity contribution in [3.05, 3.63) is 0 Å². The maximum atomic E-state index is 5.45. The van der Waals surface area contributed by atoms with Gasteiger partial charge in [0.2, 0.25) is 0 Å². The summed E-state index contributed by atoms with van der Waals surface area (Å²) < 4.78 is 16.3. The Morgan fingerprint density at radius 2 is 1.13 bits per heavy atom. The molecule has 0 aromatic heterocycles. The van der Waals surface area contributed by atoms with Gasteiger partial charge in [-0.25, -0.2) is 0 Å². The molecule has 0 saturated heterocycles. The predicted molar refractivity (Wildman–Crippen MR) is 89.1 cm³/mol. The molecule has 0 atom stereocenters. The fraction of sp³-hybridized carbons (Fsp3) is 0.857. The Hall–Kier alpha value is -1.58. The molecule has 0 radical (unpaired) electrons. The smallest absolute Gasteiger partial charge is 0.191 e. The topological polar surface area (TPSA) is 101 Å². The summed E-state index contributed by atoms with van der Waals surface area (Å²) in [5, 5.41) is 12.6. The summed E-state index contributed by atoms with van der Waals surface area (Å²) in [6, 6.07) is 0. The van der Waals surface area contributed by atoms with E-state index >= 15 is 0 Å². The first kappa shape index (κ1) is 17.8. The molecular weight excluding hydrogens is 300 g/mol. The highest BCUT2D eigenvalue weighted by Gasteiger charge is 2.03. The van der Waals surface area contributed by atoms with Crippen molar-refractivity contribution in [2.24, 2.45) is 9.98 Å². The molecule has 2 aliphatic rings. The zero-order valence-corrected chi connectivity index (χ0v) is 13.6. The van der Waals surface area contributed by atoms with Gasteiger partial charge in [0, 0.05) is 26.2 Å². The number of hydrogen-bond acceptors (Lipinski definition) is 9. The summed E-state index contributed by atoms with van der Waals surface area (Å²) >= 11 is 0. The predicted octanol–water partition coefficient (Wildman–Crippen LogP) is -1.87. The standard InChI is InChI=1S/C14H28N6O3/c1-2-16-13(15-1)19-5-7-21-9-11-23-12-10-22-8-6-20-14-17-3-4-18-14/h1-12H2,(H2,15,16,19)(H2,17,18,20). The first-order chi connectivity index (χ1) is 11.4. The molecule has 0 aromatic rings. The van der Waals surface area contributed by atoms with Crippen LogP contribution < -0.4 is 21.3 Å². The maximum absolute atomic E-state index is 5.45. The molecule has 9 nitrogen and oxygen atoms in total. The van der Waals surface area contributed by atoms with Crippen molar-refractivity contribution in [1.82, 2.24) is 21.3 Å². The number of ether oxygens (including phenoxy) is 3. The number of hydrogen-bond donors (Lipinski definition) is 4. The molecule has 0 saturated carbocycles. The van der Waals surface area contributed by atoms with E-state index in [0.29, 0.717) is 39.6 Å². The highest BCUT2D eigenvalue weighted by Crippen LogP contribution is 1.84. The van der Waals surface area contributed by atoms with Crippen LogP contribution in [0.25, 0.3) is 0 Å². The van der Waals surface area contributed by atoms with E-state index in [4.69, 9.17) is 14.2 Å². The van der Waals surface area contributed by atoms with Gasteiger partial charge in [-0.05, 0) is 0 Å². The monoisotopic (exact) mass is 328 g/mol. The Morgan fingerprint density at radius 1 is 0.696 bits per heavy atom. The number of nitrogens with one attached hydrogen (secondary N) is 4. The van der Waals surface area contributed by atoms with E-state index in [1.54, 1.807) is 0 Å². The van der Waals surface area contributed by atoms with Crippen molar-refractivity contribution < 1.29 is 14.2 Å². The van der Waals surface area contributed by atoms with Gasteiger partial charge >= 0.3 is 0 Å². The number of guanidine groups is 2. The third-order valence-corrected chi connectivity index (χ3v) is 3.17. The highest BCUT2D eigenvalue weighted by atomic mass is 16.5. The Bertz CT molecular complexity index is 344. The molecule has 0 amide bonds. The summed E-state index contributed by atoms with van der Waals surface area (Å²) in [6.45, 7) is 8.67. The molecule has 9 heteroatoms. The van der Waals surface area contributed by atoms with Gasteiger partial charge in [-0.3, -0.25) is 9.98 Å². The largest absolute Gasteiger partial charge is 0.377 e. The number of nitrogens with zero attached hydrogens (tertiary/aromatic N) is 2. The molecule has 0 fully saturated rings. The first-order valence-corrected chi connectivity index (χ1v) is 8.23. The summed E-state index contributed by atoms with van der Waals surface area (Å²) in [6.07, 6.45) is 0. The van der Waals surface area contributed by atoms with Crippen molar-refractivity contribution in [3.8, 4) is 0 Å². The molecule has 0 aromatic carbocycles. The number of aliphatic imine (C=N–C) groups is 2. The Kier molecular flexibility index (Phi) is 9.21. The van der Waals surface area contributed by atoms with Gasteiger partial charge in [0.1, 0.15) is 0 Å². The van der Waals surface area contributed by atoms with Crippen molar-refractivity contribution in [3.63, 3.8) is 0 Å². The first-order valence-electron chi connectivity index (χ1n) is 8.23. The van der Waals surface area contributed by atoms with Crippen LogP contribution in [-0.2, 0) is 14.2 Å². The molecule has 0 spiro atoms. The normalized spacial score (nSPS) is 16.5. The Morgan fingerprint density at radius 3 is 1.52 bits per heavy atom. The van der Waals surface area contributed by atoms with E-state index in [2.05, 4.69) is 31.3 Å². The van der Waals surface area contributed by atoms with Gasteiger partial charge in [0.25, 0.3) is 0 Å². The van der Waals surface area contributed by atoms with Crippen LogP contribution in [0.1, 0.15) is 0 Å². The van der Waals surface area contributed by atoms with Crippen LogP contribution in [0.15, 0.2) is 9.98 Å². The van der Waals surface area contributed by atoms with E-state index in [0.717, 1.165) is 51.2 Å². The summed E-state index contributed by atoms with van der Waals surface area (Å²) in [5.74, 6) is 1.74. The summed E-state index contributed by atoms with van der Waals surface area (Å²) in [4.78, 5) is 8.47. The molecule has 132 valence electrons. The van der Waals surface area contributed by atoms with Gasteiger partial charge in [0.15, 0.2) is 11.9 Å². The van der Waals surface area contributed by atoms with Gasteiger partial charge in [-0.1, -0.05) is 0 Å². The van der Waals surface area contributed by atoms with E-state index in [1.165, 1.54) is 0 Å². The van der Waals surface area contributed by atoms with Crippen molar-refractivity contribution in [1.29, 1.82) is 0 Å². The molecule has 0 bridgehead atoms. The lowest BCUT2D eigenvalue weighted by Crippen LogP contribution is -2.36. The van der Waals surface area contributed by atoms with Crippen LogP contribution in [0.5, 0.6) is 0 Å². The average molecular weight is 328 g/mol. The van der Waals surface area contributed by atoms with Gasteiger partial charge in [-0.2, -0.15) is 0 Å². The summed E-state index contributed by atoms with van der Waals surface area (Å²) in [7, 11) is 0. The van der Waals surface area contributed by atoms with Crippen molar-refractivity contribution in [2.45, 2.75) is 0 Å². The van der Waals surface area contributed by atoms with Crippen LogP contribution in [0.3, 0.4) is 0 Å². The lowest BCUT2D eigenvalue weighted by Gasteiger charge is -2.09. The zero-order chi connectivity index (χ0) is 16.0. The third kappa shape index (κ3) is 8.58. The van der Waals surface area contributed by atoms with Crippen LogP contribution in [0.2, 0.25) is 0 Å². The molecule has 23 heavy (non-hydrogen) atoms. The Balaban J connectivity index is 1.24. The molecule has 4 N–H and O–H groups in total. The maximum Gasteiger partial charge on any atom is 0.191 e. The fourth-order valence-electron chi connectivity index (χ4n) is 2.06. The molecular formula is C14H28N6O3. The van der Waals surface area contributed by atoms with Gasteiger partial charge < -0.3 is 35.5 Å². The second kappa shape index (κ2) is 11.9. The fourth-order valence-corrected chi connectivity index (χ4v) is 2.06.